The van der Waals surface area contributed by atoms with Crippen molar-refractivity contribution in [1.82, 2.24) is 0 Å². The lowest BCUT2D eigenvalue weighted by Crippen LogP contribution is -1.76. The van der Waals surface area contributed by atoms with Gasteiger partial charge >= 0.3 is 0 Å². The van der Waals surface area contributed by atoms with Crippen molar-refractivity contribution in [1.29, 1.82) is 0 Å². The lowest BCUT2D eigenvalue weighted by atomic mass is 10.1. The van der Waals surface area contributed by atoms with Gasteiger partial charge in [-0.1, -0.05) is 12.1 Å². The summed E-state index contributed by atoms with van der Waals surface area (Å²) in [5, 5.41) is 17.5. The minimum Gasteiger partial charge on any atom is -0.508 e. The number of aromatic hydroxyl groups is 1. The summed E-state index contributed by atoms with van der Waals surface area (Å²) < 4.78 is 0. The van der Waals surface area contributed by atoms with Crippen LogP contribution in [0.2, 0.25) is 0 Å². The fourth-order valence-electron chi connectivity index (χ4n) is 1.46. The summed E-state index contributed by atoms with van der Waals surface area (Å²) in [6.07, 6.45) is 0. The normalized spacial score (nSPS) is 10.9. The van der Waals surface area contributed by atoms with Crippen molar-refractivity contribution in [2.45, 2.75) is 13.8 Å². The molecule has 0 heterocycles. The first-order chi connectivity index (χ1) is 8.15. The maximum absolute atomic E-state index is 9.15. The van der Waals surface area contributed by atoms with Gasteiger partial charge in [0, 0.05) is 0 Å². The molecule has 0 aliphatic heterocycles. The molecule has 2 rings (SSSR count). The molecule has 2 aromatic carbocycles. The van der Waals surface area contributed by atoms with Crippen molar-refractivity contribution < 1.29 is 5.11 Å². The second kappa shape index (κ2) is 4.78. The van der Waals surface area contributed by atoms with Crippen molar-refractivity contribution in [3.63, 3.8) is 0 Å². The van der Waals surface area contributed by atoms with Crippen LogP contribution in [0.15, 0.2) is 52.7 Å². The van der Waals surface area contributed by atoms with E-state index < -0.39 is 0 Å². The summed E-state index contributed by atoms with van der Waals surface area (Å²) in [6.45, 7) is 4.03. The van der Waals surface area contributed by atoms with E-state index in [1.807, 2.05) is 26.0 Å². The number of phenolic OH excluding ortho intramolecular Hbond substituents is 1. The topological polar surface area (TPSA) is 45.0 Å². The Kier molecular flexibility index (Phi) is 3.19. The van der Waals surface area contributed by atoms with E-state index in [1.54, 1.807) is 24.3 Å². The highest BCUT2D eigenvalue weighted by Crippen LogP contribution is 2.23. The summed E-state index contributed by atoms with van der Waals surface area (Å²) in [6, 6.07) is 12.7. The molecule has 3 heteroatoms. The lowest BCUT2D eigenvalue weighted by molar-refractivity contribution is 0.475. The van der Waals surface area contributed by atoms with E-state index in [9.17, 15) is 0 Å². The highest BCUT2D eigenvalue weighted by atomic mass is 16.3. The Bertz CT molecular complexity index is 545. The molecule has 0 saturated carbocycles. The van der Waals surface area contributed by atoms with Gasteiger partial charge in [0.2, 0.25) is 0 Å². The number of benzene rings is 2. The van der Waals surface area contributed by atoms with Crippen LogP contribution >= 0.6 is 0 Å². The van der Waals surface area contributed by atoms with Gasteiger partial charge in [-0.2, -0.15) is 10.2 Å². The molecule has 0 bridgehead atoms. The average Bonchev–Trinajstić information content (AvgIpc) is 2.32. The van der Waals surface area contributed by atoms with E-state index in [-0.39, 0.29) is 5.75 Å². The first-order valence-corrected chi connectivity index (χ1v) is 5.43. The Balaban J connectivity index is 2.25. The first kappa shape index (κ1) is 11.3. The molecule has 0 radical (unpaired) electrons. The SMILES string of the molecule is Cc1ccc(C)c(N=Nc2ccc(O)cc2)c1. The summed E-state index contributed by atoms with van der Waals surface area (Å²) >= 11 is 0. The molecule has 0 atom stereocenters. The Morgan fingerprint density at radius 1 is 0.882 bits per heavy atom. The highest BCUT2D eigenvalue weighted by molar-refractivity contribution is 5.48. The molecule has 0 aliphatic rings. The molecular formula is C14H14N2O. The zero-order chi connectivity index (χ0) is 12.3. The minimum atomic E-state index is 0.232. The smallest absolute Gasteiger partial charge is 0.115 e. The number of phenols is 1. The second-order valence-electron chi connectivity index (χ2n) is 4.01. The molecule has 17 heavy (non-hydrogen) atoms. The van der Waals surface area contributed by atoms with Crippen LogP contribution < -0.4 is 0 Å². The standard InChI is InChI=1S/C14H14N2O/c1-10-3-4-11(2)14(9-10)16-15-12-5-7-13(17)8-6-12/h3-9,17H,1-2H3. The summed E-state index contributed by atoms with van der Waals surface area (Å²) in [4.78, 5) is 0. The molecule has 2 aromatic rings. The van der Waals surface area contributed by atoms with Crippen molar-refractivity contribution >= 4 is 11.4 Å². The van der Waals surface area contributed by atoms with E-state index in [2.05, 4.69) is 16.3 Å². The molecule has 0 aliphatic carbocycles. The molecule has 0 spiro atoms. The van der Waals surface area contributed by atoms with Crippen LogP contribution in [0.5, 0.6) is 5.75 Å². The molecular weight excluding hydrogens is 212 g/mol. The lowest BCUT2D eigenvalue weighted by Gasteiger charge is -2.00. The molecule has 86 valence electrons. The molecule has 3 nitrogen and oxygen atoms in total. The Labute approximate surface area is 100 Å². The van der Waals surface area contributed by atoms with Gasteiger partial charge in [-0.3, -0.25) is 0 Å². The highest BCUT2D eigenvalue weighted by Gasteiger charge is 1.96. The fraction of sp³-hybridized carbons (Fsp3) is 0.143. The van der Waals surface area contributed by atoms with Gasteiger partial charge in [-0.15, -0.1) is 0 Å². The van der Waals surface area contributed by atoms with E-state index in [4.69, 9.17) is 5.11 Å². The average molecular weight is 226 g/mol. The zero-order valence-corrected chi connectivity index (χ0v) is 9.88. The summed E-state index contributed by atoms with van der Waals surface area (Å²) in [5.41, 5.74) is 3.86. The number of azo groups is 1. The Hall–Kier alpha value is -2.16. The third-order valence-corrected chi connectivity index (χ3v) is 2.49. The van der Waals surface area contributed by atoms with Crippen molar-refractivity contribution in [3.8, 4) is 5.75 Å². The van der Waals surface area contributed by atoms with Crippen LogP contribution in [-0.2, 0) is 0 Å². The quantitative estimate of drug-likeness (QED) is 0.756. The summed E-state index contributed by atoms with van der Waals surface area (Å²) in [5.74, 6) is 0.232. The molecule has 0 unspecified atom stereocenters. The van der Waals surface area contributed by atoms with E-state index in [1.165, 1.54) is 0 Å². The van der Waals surface area contributed by atoms with Crippen LogP contribution in [0.25, 0.3) is 0 Å². The fourth-order valence-corrected chi connectivity index (χ4v) is 1.46. The maximum atomic E-state index is 9.15. The monoisotopic (exact) mass is 226 g/mol. The predicted octanol–water partition coefficient (Wildman–Crippen LogP) is 4.42. The molecule has 0 amide bonds. The van der Waals surface area contributed by atoms with Crippen molar-refractivity contribution in [2.24, 2.45) is 10.2 Å². The van der Waals surface area contributed by atoms with Gasteiger partial charge in [-0.05, 0) is 55.3 Å². The number of hydrogen-bond donors (Lipinski definition) is 1. The molecule has 1 N–H and O–H groups in total. The van der Waals surface area contributed by atoms with Crippen molar-refractivity contribution in [2.75, 3.05) is 0 Å². The van der Waals surface area contributed by atoms with Gasteiger partial charge in [0.05, 0.1) is 11.4 Å². The van der Waals surface area contributed by atoms with Crippen LogP contribution in [0.1, 0.15) is 11.1 Å². The van der Waals surface area contributed by atoms with E-state index in [0.717, 1.165) is 22.5 Å². The third kappa shape index (κ3) is 2.91. The zero-order valence-electron chi connectivity index (χ0n) is 9.88. The first-order valence-electron chi connectivity index (χ1n) is 5.43. The summed E-state index contributed by atoms with van der Waals surface area (Å²) in [7, 11) is 0. The number of rotatable bonds is 2. The van der Waals surface area contributed by atoms with Gasteiger partial charge in [0.15, 0.2) is 0 Å². The Morgan fingerprint density at radius 2 is 1.59 bits per heavy atom. The molecule has 0 aromatic heterocycles. The number of aryl methyl sites for hydroxylation is 2. The van der Waals surface area contributed by atoms with Crippen LogP contribution in [0.4, 0.5) is 11.4 Å². The van der Waals surface area contributed by atoms with Gasteiger partial charge in [0.25, 0.3) is 0 Å². The van der Waals surface area contributed by atoms with Gasteiger partial charge in [0.1, 0.15) is 5.75 Å². The van der Waals surface area contributed by atoms with Gasteiger partial charge < -0.3 is 5.11 Å². The maximum Gasteiger partial charge on any atom is 0.115 e. The van der Waals surface area contributed by atoms with Gasteiger partial charge in [-0.25, -0.2) is 0 Å². The van der Waals surface area contributed by atoms with E-state index >= 15 is 0 Å². The third-order valence-electron chi connectivity index (χ3n) is 2.49. The van der Waals surface area contributed by atoms with Crippen molar-refractivity contribution in [3.05, 3.63) is 53.6 Å². The molecule has 0 saturated heterocycles. The predicted molar refractivity (Wildman–Crippen MR) is 68.2 cm³/mol. The van der Waals surface area contributed by atoms with E-state index in [0.29, 0.717) is 0 Å². The Morgan fingerprint density at radius 3 is 2.29 bits per heavy atom. The van der Waals surface area contributed by atoms with Crippen LogP contribution in [0, 0.1) is 13.8 Å². The minimum absolute atomic E-state index is 0.232. The second-order valence-corrected chi connectivity index (χ2v) is 4.01. The largest absolute Gasteiger partial charge is 0.508 e. The number of nitrogens with zero attached hydrogens (tertiary/aromatic N) is 2. The number of hydrogen-bond acceptors (Lipinski definition) is 3. The molecule has 0 fully saturated rings. The van der Waals surface area contributed by atoms with Crippen LogP contribution in [0.3, 0.4) is 0 Å². The van der Waals surface area contributed by atoms with Crippen LogP contribution in [-0.4, -0.2) is 5.11 Å².